The molecule has 1 N–H and O–H groups in total. The Balaban J connectivity index is 2.28. The molecule has 3 heteroatoms. The molecule has 3 nitrogen and oxygen atoms in total. The highest BCUT2D eigenvalue weighted by Crippen LogP contribution is 2.31. The van der Waals surface area contributed by atoms with Gasteiger partial charge in [0.05, 0.1) is 13.2 Å². The molecule has 0 saturated carbocycles. The van der Waals surface area contributed by atoms with Crippen molar-refractivity contribution >= 4 is 5.91 Å². The highest BCUT2D eigenvalue weighted by molar-refractivity contribution is 5.73. The number of benzene rings is 1. The number of hydrogen-bond donors (Lipinski definition) is 1. The minimum Gasteiger partial charge on any atom is -0.497 e. The number of fused-ring (bicyclic) bond motifs is 1. The summed E-state index contributed by atoms with van der Waals surface area (Å²) in [6, 6.07) is 6.27. The van der Waals surface area contributed by atoms with Gasteiger partial charge in [0.25, 0.3) is 0 Å². The van der Waals surface area contributed by atoms with Crippen molar-refractivity contribution in [2.24, 2.45) is 0 Å². The molecular formula is C13H17NO2. The van der Waals surface area contributed by atoms with Gasteiger partial charge in [-0.3, -0.25) is 4.79 Å². The molecule has 16 heavy (non-hydrogen) atoms. The molecular weight excluding hydrogens is 202 g/mol. The molecule has 86 valence electrons. The third kappa shape index (κ3) is 2.18. The summed E-state index contributed by atoms with van der Waals surface area (Å²) >= 11 is 0. The van der Waals surface area contributed by atoms with Gasteiger partial charge in [-0.2, -0.15) is 0 Å². The van der Waals surface area contributed by atoms with E-state index in [2.05, 4.69) is 17.4 Å². The molecule has 1 atom stereocenters. The molecule has 1 aromatic carbocycles. The second-order valence-electron chi connectivity index (χ2n) is 4.21. The van der Waals surface area contributed by atoms with Gasteiger partial charge in [0.15, 0.2) is 0 Å². The fraction of sp³-hybridized carbons (Fsp3) is 0.462. The molecule has 0 spiro atoms. The van der Waals surface area contributed by atoms with Crippen LogP contribution in [0.4, 0.5) is 0 Å². The van der Waals surface area contributed by atoms with Gasteiger partial charge in [-0.15, -0.1) is 0 Å². The van der Waals surface area contributed by atoms with Crippen LogP contribution in [0.3, 0.4) is 0 Å². The van der Waals surface area contributed by atoms with E-state index in [1.165, 1.54) is 11.1 Å². The molecule has 1 aromatic rings. The molecule has 0 bridgehead atoms. The highest BCUT2D eigenvalue weighted by Gasteiger charge is 2.20. The number of rotatable bonds is 2. The van der Waals surface area contributed by atoms with Crippen LogP contribution >= 0.6 is 0 Å². The second kappa shape index (κ2) is 4.56. The van der Waals surface area contributed by atoms with Crippen LogP contribution in [-0.4, -0.2) is 13.0 Å². The summed E-state index contributed by atoms with van der Waals surface area (Å²) in [6.07, 6.45) is 3.21. The van der Waals surface area contributed by atoms with Crippen molar-refractivity contribution in [2.45, 2.75) is 32.2 Å². The van der Waals surface area contributed by atoms with E-state index in [0.29, 0.717) is 0 Å². The first kappa shape index (κ1) is 11.0. The van der Waals surface area contributed by atoms with Crippen LogP contribution in [0.15, 0.2) is 18.2 Å². The van der Waals surface area contributed by atoms with Gasteiger partial charge in [0, 0.05) is 6.92 Å². The van der Waals surface area contributed by atoms with Gasteiger partial charge < -0.3 is 10.1 Å². The number of ether oxygens (including phenoxy) is 1. The minimum absolute atomic E-state index is 0.0358. The zero-order valence-corrected chi connectivity index (χ0v) is 9.75. The van der Waals surface area contributed by atoms with E-state index in [4.69, 9.17) is 4.74 Å². The molecule has 0 radical (unpaired) electrons. The Morgan fingerprint density at radius 3 is 3.00 bits per heavy atom. The van der Waals surface area contributed by atoms with Crippen molar-refractivity contribution in [3.63, 3.8) is 0 Å². The predicted octanol–water partition coefficient (Wildman–Crippen LogP) is 2.21. The van der Waals surface area contributed by atoms with Crippen LogP contribution in [0, 0.1) is 0 Å². The molecule has 0 fully saturated rings. The van der Waals surface area contributed by atoms with E-state index in [-0.39, 0.29) is 11.9 Å². The van der Waals surface area contributed by atoms with Crippen molar-refractivity contribution in [3.05, 3.63) is 29.3 Å². The Morgan fingerprint density at radius 2 is 2.31 bits per heavy atom. The fourth-order valence-electron chi connectivity index (χ4n) is 2.31. The fourth-order valence-corrected chi connectivity index (χ4v) is 2.31. The average Bonchev–Trinajstić information content (AvgIpc) is 2.28. The summed E-state index contributed by atoms with van der Waals surface area (Å²) in [5.74, 6) is 0.927. The zero-order chi connectivity index (χ0) is 11.5. The summed E-state index contributed by atoms with van der Waals surface area (Å²) in [5.41, 5.74) is 2.53. The van der Waals surface area contributed by atoms with E-state index in [1.807, 2.05) is 6.07 Å². The Labute approximate surface area is 95.8 Å². The number of aryl methyl sites for hydroxylation is 1. The standard InChI is InChI=1S/C13H17NO2/c1-9(15)14-13-5-3-4-10-8-11(16-2)6-7-12(10)13/h6-8,13H,3-5H2,1-2H3,(H,14,15). The number of nitrogens with one attached hydrogen (secondary N) is 1. The van der Waals surface area contributed by atoms with E-state index in [0.717, 1.165) is 25.0 Å². The van der Waals surface area contributed by atoms with E-state index < -0.39 is 0 Å². The summed E-state index contributed by atoms with van der Waals surface area (Å²) in [4.78, 5) is 11.1. The lowest BCUT2D eigenvalue weighted by atomic mass is 9.87. The monoisotopic (exact) mass is 219 g/mol. The minimum atomic E-state index is 0.0358. The predicted molar refractivity (Wildman–Crippen MR) is 62.5 cm³/mol. The topological polar surface area (TPSA) is 38.3 Å². The highest BCUT2D eigenvalue weighted by atomic mass is 16.5. The first-order valence-electron chi connectivity index (χ1n) is 5.64. The third-order valence-corrected chi connectivity index (χ3v) is 3.04. The van der Waals surface area contributed by atoms with Crippen LogP contribution in [-0.2, 0) is 11.2 Å². The Morgan fingerprint density at radius 1 is 1.50 bits per heavy atom. The lowest BCUT2D eigenvalue weighted by molar-refractivity contribution is -0.119. The number of methoxy groups -OCH3 is 1. The van der Waals surface area contributed by atoms with Crippen molar-refractivity contribution in [2.75, 3.05) is 7.11 Å². The Kier molecular flexibility index (Phi) is 3.13. The van der Waals surface area contributed by atoms with Gasteiger partial charge in [0.1, 0.15) is 5.75 Å². The van der Waals surface area contributed by atoms with Gasteiger partial charge in [-0.25, -0.2) is 0 Å². The number of carbonyl (C=O) groups is 1. The summed E-state index contributed by atoms with van der Waals surface area (Å²) in [7, 11) is 1.68. The molecule has 1 amide bonds. The second-order valence-corrected chi connectivity index (χ2v) is 4.21. The normalized spacial score (nSPS) is 18.8. The van der Waals surface area contributed by atoms with Crippen molar-refractivity contribution < 1.29 is 9.53 Å². The quantitative estimate of drug-likeness (QED) is 0.828. The van der Waals surface area contributed by atoms with Crippen molar-refractivity contribution in [1.29, 1.82) is 0 Å². The van der Waals surface area contributed by atoms with Gasteiger partial charge in [0.2, 0.25) is 5.91 Å². The molecule has 0 aromatic heterocycles. The first-order valence-corrected chi connectivity index (χ1v) is 5.64. The van der Waals surface area contributed by atoms with Gasteiger partial charge in [-0.1, -0.05) is 6.07 Å². The van der Waals surface area contributed by atoms with Crippen molar-refractivity contribution in [1.82, 2.24) is 5.32 Å². The van der Waals surface area contributed by atoms with E-state index in [1.54, 1.807) is 14.0 Å². The van der Waals surface area contributed by atoms with Crippen LogP contribution in [0.5, 0.6) is 5.75 Å². The number of carbonyl (C=O) groups excluding carboxylic acids is 1. The van der Waals surface area contributed by atoms with Crippen molar-refractivity contribution in [3.8, 4) is 5.75 Å². The molecule has 0 aliphatic heterocycles. The summed E-state index contributed by atoms with van der Waals surface area (Å²) in [6.45, 7) is 1.57. The molecule has 0 heterocycles. The lowest BCUT2D eigenvalue weighted by Gasteiger charge is -2.26. The van der Waals surface area contributed by atoms with Gasteiger partial charge in [-0.05, 0) is 42.5 Å². The molecule has 1 unspecified atom stereocenters. The summed E-state index contributed by atoms with van der Waals surface area (Å²) in [5, 5.41) is 3.00. The van der Waals surface area contributed by atoms with Crippen LogP contribution in [0.1, 0.15) is 36.9 Å². The number of amides is 1. The zero-order valence-electron chi connectivity index (χ0n) is 9.75. The van der Waals surface area contributed by atoms with E-state index >= 15 is 0 Å². The smallest absolute Gasteiger partial charge is 0.217 e. The third-order valence-electron chi connectivity index (χ3n) is 3.04. The van der Waals surface area contributed by atoms with Crippen LogP contribution < -0.4 is 10.1 Å². The average molecular weight is 219 g/mol. The van der Waals surface area contributed by atoms with E-state index in [9.17, 15) is 4.79 Å². The maximum atomic E-state index is 11.1. The molecule has 2 rings (SSSR count). The lowest BCUT2D eigenvalue weighted by Crippen LogP contribution is -2.28. The molecule has 0 saturated heterocycles. The molecule has 1 aliphatic carbocycles. The largest absolute Gasteiger partial charge is 0.497 e. The maximum Gasteiger partial charge on any atom is 0.217 e. The Hall–Kier alpha value is -1.51. The first-order chi connectivity index (χ1) is 7.70. The molecule has 1 aliphatic rings. The maximum absolute atomic E-state index is 11.1. The van der Waals surface area contributed by atoms with Crippen LogP contribution in [0.25, 0.3) is 0 Å². The number of hydrogen-bond acceptors (Lipinski definition) is 2. The SMILES string of the molecule is COc1ccc2c(c1)CCCC2NC(C)=O. The summed E-state index contributed by atoms with van der Waals surface area (Å²) < 4.78 is 5.21. The van der Waals surface area contributed by atoms with Gasteiger partial charge >= 0.3 is 0 Å². The van der Waals surface area contributed by atoms with Crippen LogP contribution in [0.2, 0.25) is 0 Å². The Bertz CT molecular complexity index is 401.